The molecule has 0 spiro atoms. The fourth-order valence-corrected chi connectivity index (χ4v) is 1.10. The number of hydrogen-bond acceptors (Lipinski definition) is 2. The highest BCUT2D eigenvalue weighted by atomic mass is 14.9. The topological polar surface area (TPSA) is 54.7 Å². The summed E-state index contributed by atoms with van der Waals surface area (Å²) < 4.78 is 0. The highest BCUT2D eigenvalue weighted by molar-refractivity contribution is 5.78. The van der Waals surface area contributed by atoms with Crippen LogP contribution in [0.3, 0.4) is 0 Å². The fraction of sp³-hybridized carbons (Fsp3) is 0.125. The number of anilines is 1. The summed E-state index contributed by atoms with van der Waals surface area (Å²) in [5.41, 5.74) is 7.49. The van der Waals surface area contributed by atoms with Crippen molar-refractivity contribution in [2.45, 2.75) is 6.92 Å². The second-order valence-electron chi connectivity index (χ2n) is 2.61. The molecule has 0 fully saturated rings. The van der Waals surface area contributed by atoms with Gasteiger partial charge in [0.1, 0.15) is 11.5 Å². The SMILES string of the molecule is Cc1cc2cc[nH]c2nc1N. The summed E-state index contributed by atoms with van der Waals surface area (Å²) in [5.74, 6) is 0.597. The zero-order chi connectivity index (χ0) is 7.84. The number of H-pyrrole nitrogens is 1. The molecular weight excluding hydrogens is 138 g/mol. The average Bonchev–Trinajstić information content (AvgIpc) is 2.36. The van der Waals surface area contributed by atoms with Crippen molar-refractivity contribution < 1.29 is 0 Å². The number of hydrogen-bond donors (Lipinski definition) is 2. The van der Waals surface area contributed by atoms with Gasteiger partial charge in [0.15, 0.2) is 0 Å². The molecule has 0 saturated heterocycles. The Balaban J connectivity index is 2.86. The summed E-state index contributed by atoms with van der Waals surface area (Å²) in [4.78, 5) is 7.15. The van der Waals surface area contributed by atoms with Gasteiger partial charge in [-0.05, 0) is 24.6 Å². The second kappa shape index (κ2) is 1.99. The van der Waals surface area contributed by atoms with E-state index in [2.05, 4.69) is 9.97 Å². The van der Waals surface area contributed by atoms with E-state index in [-0.39, 0.29) is 0 Å². The van der Waals surface area contributed by atoms with E-state index in [9.17, 15) is 0 Å². The summed E-state index contributed by atoms with van der Waals surface area (Å²) in [5, 5.41) is 1.11. The van der Waals surface area contributed by atoms with Crippen molar-refractivity contribution in [3.63, 3.8) is 0 Å². The maximum Gasteiger partial charge on any atom is 0.139 e. The number of aryl methyl sites for hydroxylation is 1. The van der Waals surface area contributed by atoms with Crippen molar-refractivity contribution in [2.24, 2.45) is 0 Å². The number of pyridine rings is 1. The van der Waals surface area contributed by atoms with Crippen LogP contribution in [0.1, 0.15) is 5.56 Å². The van der Waals surface area contributed by atoms with E-state index in [4.69, 9.17) is 5.73 Å². The van der Waals surface area contributed by atoms with E-state index in [1.807, 2.05) is 25.3 Å². The third kappa shape index (κ3) is 0.852. The largest absolute Gasteiger partial charge is 0.383 e. The molecule has 3 N–H and O–H groups in total. The van der Waals surface area contributed by atoms with Crippen LogP contribution in [-0.4, -0.2) is 9.97 Å². The molecule has 0 unspecified atom stereocenters. The zero-order valence-electron chi connectivity index (χ0n) is 6.26. The summed E-state index contributed by atoms with van der Waals surface area (Å²) in [6.45, 7) is 1.95. The lowest BCUT2D eigenvalue weighted by Crippen LogP contribution is -1.93. The Kier molecular flexibility index (Phi) is 1.12. The monoisotopic (exact) mass is 147 g/mol. The third-order valence-corrected chi connectivity index (χ3v) is 1.76. The lowest BCUT2D eigenvalue weighted by Gasteiger charge is -1.97. The van der Waals surface area contributed by atoms with Crippen molar-refractivity contribution in [3.05, 3.63) is 23.9 Å². The van der Waals surface area contributed by atoms with Crippen LogP contribution in [0.15, 0.2) is 18.3 Å². The van der Waals surface area contributed by atoms with Gasteiger partial charge in [-0.3, -0.25) is 0 Å². The van der Waals surface area contributed by atoms with Crippen LogP contribution in [0, 0.1) is 6.92 Å². The molecule has 0 radical (unpaired) electrons. The van der Waals surface area contributed by atoms with Gasteiger partial charge in [0.25, 0.3) is 0 Å². The summed E-state index contributed by atoms with van der Waals surface area (Å²) >= 11 is 0. The highest BCUT2D eigenvalue weighted by Gasteiger charge is 1.98. The Morgan fingerprint density at radius 1 is 1.55 bits per heavy atom. The van der Waals surface area contributed by atoms with E-state index in [0.717, 1.165) is 16.6 Å². The predicted octanol–water partition coefficient (Wildman–Crippen LogP) is 1.45. The molecule has 0 aliphatic rings. The molecule has 2 rings (SSSR count). The number of nitrogens with two attached hydrogens (primary N) is 1. The predicted molar refractivity (Wildman–Crippen MR) is 45.2 cm³/mol. The van der Waals surface area contributed by atoms with Gasteiger partial charge >= 0.3 is 0 Å². The van der Waals surface area contributed by atoms with Crippen LogP contribution in [0.4, 0.5) is 5.82 Å². The van der Waals surface area contributed by atoms with Crippen LogP contribution in [0.25, 0.3) is 11.0 Å². The first-order valence-corrected chi connectivity index (χ1v) is 3.47. The molecule has 0 aliphatic carbocycles. The van der Waals surface area contributed by atoms with Gasteiger partial charge < -0.3 is 10.7 Å². The van der Waals surface area contributed by atoms with Crippen molar-refractivity contribution in [2.75, 3.05) is 5.73 Å². The Hall–Kier alpha value is -1.51. The first kappa shape index (κ1) is 6.22. The summed E-state index contributed by atoms with van der Waals surface area (Å²) in [7, 11) is 0. The molecular formula is C8H9N3. The normalized spacial score (nSPS) is 10.6. The van der Waals surface area contributed by atoms with E-state index in [1.54, 1.807) is 0 Å². The average molecular weight is 147 g/mol. The number of rotatable bonds is 0. The number of aromatic nitrogens is 2. The molecule has 3 nitrogen and oxygen atoms in total. The number of aromatic amines is 1. The maximum atomic E-state index is 5.61. The van der Waals surface area contributed by atoms with E-state index < -0.39 is 0 Å². The highest BCUT2D eigenvalue weighted by Crippen LogP contribution is 2.15. The number of nitrogen functional groups attached to an aromatic ring is 1. The summed E-state index contributed by atoms with van der Waals surface area (Å²) in [6.07, 6.45) is 1.86. The van der Waals surface area contributed by atoms with Crippen molar-refractivity contribution in [1.29, 1.82) is 0 Å². The van der Waals surface area contributed by atoms with Gasteiger partial charge in [-0.15, -0.1) is 0 Å². The van der Waals surface area contributed by atoms with Crippen molar-refractivity contribution in [3.8, 4) is 0 Å². The van der Waals surface area contributed by atoms with Crippen LogP contribution in [-0.2, 0) is 0 Å². The molecule has 2 heterocycles. The fourth-order valence-electron chi connectivity index (χ4n) is 1.10. The molecule has 56 valence electrons. The Morgan fingerprint density at radius 2 is 2.36 bits per heavy atom. The lowest BCUT2D eigenvalue weighted by molar-refractivity contribution is 1.29. The van der Waals surface area contributed by atoms with E-state index in [0.29, 0.717) is 5.82 Å². The second-order valence-corrected chi connectivity index (χ2v) is 2.61. The maximum absolute atomic E-state index is 5.61. The Bertz CT molecular complexity index is 353. The standard InChI is InChI=1S/C8H9N3/c1-5-4-6-2-3-10-8(6)11-7(5)9/h2-4H,1H3,(H3,9,10,11). The Labute approximate surface area is 64.2 Å². The molecule has 0 amide bonds. The third-order valence-electron chi connectivity index (χ3n) is 1.76. The van der Waals surface area contributed by atoms with Crippen LogP contribution in [0.2, 0.25) is 0 Å². The molecule has 2 aromatic heterocycles. The van der Waals surface area contributed by atoms with Crippen LogP contribution < -0.4 is 5.73 Å². The van der Waals surface area contributed by atoms with Gasteiger partial charge in [-0.1, -0.05) is 0 Å². The van der Waals surface area contributed by atoms with E-state index >= 15 is 0 Å². The molecule has 2 aromatic rings. The van der Waals surface area contributed by atoms with Gasteiger partial charge in [0.2, 0.25) is 0 Å². The first-order chi connectivity index (χ1) is 5.27. The molecule has 11 heavy (non-hydrogen) atoms. The van der Waals surface area contributed by atoms with Crippen molar-refractivity contribution in [1.82, 2.24) is 9.97 Å². The molecule has 0 atom stereocenters. The van der Waals surface area contributed by atoms with Gasteiger partial charge in [0.05, 0.1) is 0 Å². The molecule has 0 bridgehead atoms. The Morgan fingerprint density at radius 3 is 3.18 bits per heavy atom. The number of nitrogens with zero attached hydrogens (tertiary/aromatic N) is 1. The number of nitrogens with one attached hydrogen (secondary N) is 1. The van der Waals surface area contributed by atoms with E-state index in [1.165, 1.54) is 0 Å². The number of fused-ring (bicyclic) bond motifs is 1. The van der Waals surface area contributed by atoms with Gasteiger partial charge in [-0.2, -0.15) is 0 Å². The molecule has 0 saturated carbocycles. The quantitative estimate of drug-likeness (QED) is 0.592. The minimum atomic E-state index is 0.597. The minimum Gasteiger partial charge on any atom is -0.383 e. The van der Waals surface area contributed by atoms with Gasteiger partial charge in [0, 0.05) is 11.6 Å². The molecule has 0 aromatic carbocycles. The lowest BCUT2D eigenvalue weighted by atomic mass is 10.2. The molecule has 0 aliphatic heterocycles. The van der Waals surface area contributed by atoms with Crippen molar-refractivity contribution >= 4 is 16.9 Å². The minimum absolute atomic E-state index is 0.597. The van der Waals surface area contributed by atoms with Crippen LogP contribution in [0.5, 0.6) is 0 Å². The van der Waals surface area contributed by atoms with Gasteiger partial charge in [-0.25, -0.2) is 4.98 Å². The summed E-state index contributed by atoms with van der Waals surface area (Å²) in [6, 6.07) is 4.00. The first-order valence-electron chi connectivity index (χ1n) is 3.47. The van der Waals surface area contributed by atoms with Crippen LogP contribution >= 0.6 is 0 Å². The smallest absolute Gasteiger partial charge is 0.139 e. The zero-order valence-corrected chi connectivity index (χ0v) is 6.26. The molecule has 3 heteroatoms.